The van der Waals surface area contributed by atoms with Crippen molar-refractivity contribution in [2.45, 2.75) is 12.5 Å². The van der Waals surface area contributed by atoms with Crippen LogP contribution >= 0.6 is 11.0 Å². The van der Waals surface area contributed by atoms with E-state index in [-0.39, 0.29) is 6.04 Å². The van der Waals surface area contributed by atoms with E-state index in [1.54, 1.807) is 15.7 Å². The van der Waals surface area contributed by atoms with Gasteiger partial charge < -0.3 is 5.32 Å². The molecular formula is C17H23N3O2S. The highest BCUT2D eigenvalue weighted by molar-refractivity contribution is 8.26. The third-order valence-corrected chi connectivity index (χ3v) is 6.14. The molecule has 0 spiro atoms. The zero-order chi connectivity index (χ0) is 16.4. The Bertz CT molecular complexity index is 666. The maximum Gasteiger partial charge on any atom is 0.0844 e. The molecule has 0 radical (unpaired) electrons. The second-order valence-corrected chi connectivity index (χ2v) is 7.54. The topological polar surface area (TPSA) is 59.0 Å². The number of hydrogen-bond acceptors (Lipinski definition) is 5. The first-order valence-corrected chi connectivity index (χ1v) is 9.13. The molecule has 0 aromatic heterocycles. The summed E-state index contributed by atoms with van der Waals surface area (Å²) in [7, 11) is 0.573. The minimum atomic E-state index is -3.06. The predicted octanol–water partition coefficient (Wildman–Crippen LogP) is 3.87. The molecule has 0 saturated heterocycles. The highest BCUT2D eigenvalue weighted by Gasteiger charge is 2.42. The van der Waals surface area contributed by atoms with Crippen molar-refractivity contribution < 1.29 is 9.11 Å². The average Bonchev–Trinajstić information content (AvgIpc) is 2.77. The Balaban J connectivity index is 2.07. The van der Waals surface area contributed by atoms with Gasteiger partial charge in [0.2, 0.25) is 0 Å². The van der Waals surface area contributed by atoms with Gasteiger partial charge in [-0.15, -0.1) is 0 Å². The Hall–Kier alpha value is -1.73. The molecule has 2 aromatic carbocycles. The van der Waals surface area contributed by atoms with Gasteiger partial charge in [-0.2, -0.15) is 0 Å². The summed E-state index contributed by atoms with van der Waals surface area (Å²) in [4.78, 5) is 0. The molecule has 0 fully saturated rings. The van der Waals surface area contributed by atoms with E-state index in [0.717, 1.165) is 29.9 Å². The number of hydrogen-bond donors (Lipinski definition) is 3. The lowest BCUT2D eigenvalue weighted by atomic mass is 10.0. The van der Waals surface area contributed by atoms with E-state index in [1.807, 2.05) is 61.6 Å². The van der Waals surface area contributed by atoms with Gasteiger partial charge in [0.15, 0.2) is 0 Å². The fourth-order valence-electron chi connectivity index (χ4n) is 3.03. The highest BCUT2D eigenvalue weighted by atomic mass is 32.3. The quantitative estimate of drug-likeness (QED) is 0.775. The maximum atomic E-state index is 10.8. The van der Waals surface area contributed by atoms with E-state index in [9.17, 15) is 9.11 Å². The number of rotatable bonds is 5. The summed E-state index contributed by atoms with van der Waals surface area (Å²) in [5.74, 6) is 0. The zero-order valence-electron chi connectivity index (χ0n) is 13.4. The highest BCUT2D eigenvalue weighted by Crippen LogP contribution is 2.63. The Labute approximate surface area is 139 Å². The molecule has 1 aliphatic heterocycles. The van der Waals surface area contributed by atoms with E-state index in [1.165, 1.54) is 0 Å². The predicted molar refractivity (Wildman–Crippen MR) is 97.9 cm³/mol. The largest absolute Gasteiger partial charge is 0.320 e. The van der Waals surface area contributed by atoms with Crippen LogP contribution in [0.25, 0.3) is 0 Å². The second-order valence-electron chi connectivity index (χ2n) is 5.62. The summed E-state index contributed by atoms with van der Waals surface area (Å²) in [6.45, 7) is 0.789. The van der Waals surface area contributed by atoms with Gasteiger partial charge in [0.05, 0.1) is 17.4 Å². The Morgan fingerprint density at radius 2 is 1.61 bits per heavy atom. The molecule has 0 saturated carbocycles. The van der Waals surface area contributed by atoms with Crippen molar-refractivity contribution in [2.24, 2.45) is 0 Å². The summed E-state index contributed by atoms with van der Waals surface area (Å²) in [6, 6.07) is 17.6. The molecule has 1 aliphatic rings. The Morgan fingerprint density at radius 1 is 1.00 bits per heavy atom. The molecule has 0 amide bonds. The van der Waals surface area contributed by atoms with E-state index in [0.29, 0.717) is 0 Å². The van der Waals surface area contributed by atoms with Crippen LogP contribution in [-0.4, -0.2) is 29.7 Å². The third kappa shape index (κ3) is 2.79. The van der Waals surface area contributed by atoms with Crippen LogP contribution in [0, 0.1) is 0 Å². The van der Waals surface area contributed by atoms with Gasteiger partial charge >= 0.3 is 0 Å². The van der Waals surface area contributed by atoms with E-state index >= 15 is 0 Å². The van der Waals surface area contributed by atoms with Crippen molar-refractivity contribution in [3.8, 4) is 0 Å². The lowest BCUT2D eigenvalue weighted by Crippen LogP contribution is -2.35. The van der Waals surface area contributed by atoms with Gasteiger partial charge in [0.1, 0.15) is 0 Å². The van der Waals surface area contributed by atoms with Crippen LogP contribution < -0.4 is 13.9 Å². The van der Waals surface area contributed by atoms with Gasteiger partial charge in [0.25, 0.3) is 0 Å². The standard InChI is InChI=1S/C17H23N3O2S/c1-18-13-12-15(14-8-4-3-5-9-14)20-17-11-7-6-10-16(17)19(2)23(20,21)22/h3-11,15,18,21-22H,12-13H2,1-2H3. The van der Waals surface area contributed by atoms with Crippen LogP contribution in [0.1, 0.15) is 18.0 Å². The maximum absolute atomic E-state index is 10.8. The summed E-state index contributed by atoms with van der Waals surface area (Å²) in [5, 5.41) is 3.16. The number of nitrogens with zero attached hydrogens (tertiary/aromatic N) is 2. The van der Waals surface area contributed by atoms with E-state index < -0.39 is 11.0 Å². The van der Waals surface area contributed by atoms with Crippen LogP contribution in [0.15, 0.2) is 54.6 Å². The monoisotopic (exact) mass is 333 g/mol. The normalized spacial score (nSPS) is 18.6. The molecule has 3 N–H and O–H groups in total. The summed E-state index contributed by atoms with van der Waals surface area (Å²) >= 11 is 0. The summed E-state index contributed by atoms with van der Waals surface area (Å²) in [5.41, 5.74) is 2.78. The van der Waals surface area contributed by atoms with Crippen molar-refractivity contribution in [1.82, 2.24) is 5.32 Å². The number of para-hydroxylation sites is 2. The van der Waals surface area contributed by atoms with Crippen LogP contribution in [0.3, 0.4) is 0 Å². The number of benzene rings is 2. The molecule has 5 nitrogen and oxygen atoms in total. The molecule has 1 heterocycles. The van der Waals surface area contributed by atoms with Crippen LogP contribution in [0.4, 0.5) is 11.4 Å². The van der Waals surface area contributed by atoms with Crippen LogP contribution in [0.5, 0.6) is 0 Å². The van der Waals surface area contributed by atoms with Gasteiger partial charge in [-0.1, -0.05) is 42.5 Å². The summed E-state index contributed by atoms with van der Waals surface area (Å²) < 4.78 is 25.0. The SMILES string of the molecule is CNCCC(c1ccccc1)N1c2ccccc2N(C)S1(O)O. The minimum absolute atomic E-state index is 0.111. The minimum Gasteiger partial charge on any atom is -0.320 e. The third-order valence-electron chi connectivity index (χ3n) is 4.22. The lowest BCUT2D eigenvalue weighted by molar-refractivity contribution is 0.469. The first-order chi connectivity index (χ1) is 11.1. The fourth-order valence-corrected chi connectivity index (χ4v) is 4.70. The average molecular weight is 333 g/mol. The van der Waals surface area contributed by atoms with Crippen molar-refractivity contribution in [3.63, 3.8) is 0 Å². The van der Waals surface area contributed by atoms with Crippen molar-refractivity contribution in [1.29, 1.82) is 0 Å². The lowest BCUT2D eigenvalue weighted by Gasteiger charge is -2.46. The Kier molecular flexibility index (Phi) is 4.50. The van der Waals surface area contributed by atoms with Crippen LogP contribution in [0.2, 0.25) is 0 Å². The van der Waals surface area contributed by atoms with Gasteiger partial charge in [-0.25, -0.2) is 4.31 Å². The molecule has 3 rings (SSSR count). The molecule has 2 aromatic rings. The molecule has 6 heteroatoms. The van der Waals surface area contributed by atoms with Crippen molar-refractivity contribution >= 4 is 22.3 Å². The molecule has 0 aliphatic carbocycles. The number of anilines is 2. The molecule has 1 unspecified atom stereocenters. The molecule has 124 valence electrons. The molecular weight excluding hydrogens is 310 g/mol. The van der Waals surface area contributed by atoms with Crippen molar-refractivity contribution in [3.05, 3.63) is 60.2 Å². The first-order valence-electron chi connectivity index (χ1n) is 7.67. The Morgan fingerprint density at radius 3 is 2.26 bits per heavy atom. The summed E-state index contributed by atoms with van der Waals surface area (Å²) in [6.07, 6.45) is 0.776. The van der Waals surface area contributed by atoms with Crippen molar-refractivity contribution in [2.75, 3.05) is 29.3 Å². The molecule has 1 atom stereocenters. The fraction of sp³-hybridized carbons (Fsp3) is 0.294. The molecule has 0 bridgehead atoms. The van der Waals surface area contributed by atoms with Crippen LogP contribution in [-0.2, 0) is 0 Å². The smallest absolute Gasteiger partial charge is 0.0844 e. The van der Waals surface area contributed by atoms with Gasteiger partial charge in [-0.3, -0.25) is 13.4 Å². The van der Waals surface area contributed by atoms with Gasteiger partial charge in [-0.05, 0) is 48.7 Å². The number of fused-ring (bicyclic) bond motifs is 1. The second kappa shape index (κ2) is 6.41. The van der Waals surface area contributed by atoms with E-state index in [2.05, 4.69) is 5.32 Å². The van der Waals surface area contributed by atoms with Gasteiger partial charge in [0, 0.05) is 7.05 Å². The first kappa shape index (κ1) is 16.1. The number of nitrogens with one attached hydrogen (secondary N) is 1. The zero-order valence-corrected chi connectivity index (χ0v) is 14.2. The van der Waals surface area contributed by atoms with E-state index in [4.69, 9.17) is 0 Å². The molecule has 23 heavy (non-hydrogen) atoms.